The maximum absolute atomic E-state index is 13.1. The molecule has 26 heavy (non-hydrogen) atoms. The Labute approximate surface area is 156 Å². The largest absolute Gasteiger partial charge is 0.497 e. The first kappa shape index (κ1) is 16.9. The number of fused-ring (bicyclic) bond motifs is 1. The molecule has 1 amide bonds. The fourth-order valence-corrected chi connectivity index (χ4v) is 4.36. The molecular weight excluding hydrogens is 354 g/mol. The SMILES string of the molecule is COc1cc(OC)cc([C@@H]2SCCN2C(=O)c2ccc3c(c2)OCO3)c1. The number of amides is 1. The highest BCUT2D eigenvalue weighted by Gasteiger charge is 2.32. The van der Waals surface area contributed by atoms with Crippen LogP contribution in [-0.2, 0) is 0 Å². The minimum absolute atomic E-state index is 0.0277. The van der Waals surface area contributed by atoms with Gasteiger partial charge in [-0.1, -0.05) is 0 Å². The molecule has 0 saturated carbocycles. The predicted octanol–water partition coefficient (Wildman–Crippen LogP) is 3.32. The zero-order chi connectivity index (χ0) is 18.1. The summed E-state index contributed by atoms with van der Waals surface area (Å²) in [5, 5.41) is -0.0862. The van der Waals surface area contributed by atoms with Crippen LogP contribution in [0, 0.1) is 0 Å². The van der Waals surface area contributed by atoms with Crippen molar-refractivity contribution < 1.29 is 23.7 Å². The average Bonchev–Trinajstić information content (AvgIpc) is 3.35. The quantitative estimate of drug-likeness (QED) is 0.820. The first-order valence-electron chi connectivity index (χ1n) is 8.25. The van der Waals surface area contributed by atoms with E-state index < -0.39 is 0 Å². The Balaban J connectivity index is 1.63. The van der Waals surface area contributed by atoms with E-state index in [0.29, 0.717) is 35.1 Å². The van der Waals surface area contributed by atoms with Crippen molar-refractivity contribution in [3.05, 3.63) is 47.5 Å². The number of hydrogen-bond acceptors (Lipinski definition) is 6. The monoisotopic (exact) mass is 373 g/mol. The Bertz CT molecular complexity index is 818. The van der Waals surface area contributed by atoms with Gasteiger partial charge in [-0.2, -0.15) is 0 Å². The molecule has 0 aromatic heterocycles. The number of nitrogens with zero attached hydrogens (tertiary/aromatic N) is 1. The molecule has 0 radical (unpaired) electrons. The van der Waals surface area contributed by atoms with Crippen molar-refractivity contribution >= 4 is 17.7 Å². The van der Waals surface area contributed by atoms with Crippen molar-refractivity contribution in [2.24, 2.45) is 0 Å². The molecule has 2 aliphatic heterocycles. The van der Waals surface area contributed by atoms with E-state index in [2.05, 4.69) is 0 Å². The minimum Gasteiger partial charge on any atom is -0.497 e. The van der Waals surface area contributed by atoms with Crippen molar-refractivity contribution in [1.29, 1.82) is 0 Å². The molecule has 0 aliphatic carbocycles. The maximum atomic E-state index is 13.1. The van der Waals surface area contributed by atoms with Crippen molar-refractivity contribution in [1.82, 2.24) is 4.90 Å². The zero-order valence-electron chi connectivity index (χ0n) is 14.6. The van der Waals surface area contributed by atoms with Crippen LogP contribution in [-0.4, -0.2) is 44.1 Å². The third kappa shape index (κ3) is 3.03. The standard InChI is InChI=1S/C19H19NO5S/c1-22-14-7-13(8-15(10-14)23-2)19-20(5-6-26-19)18(21)12-3-4-16-17(9-12)25-11-24-16/h3-4,7-10,19H,5-6,11H2,1-2H3/t19-/m0/s1. The van der Waals surface area contributed by atoms with E-state index in [1.807, 2.05) is 23.1 Å². The number of benzene rings is 2. The van der Waals surface area contributed by atoms with E-state index in [4.69, 9.17) is 18.9 Å². The van der Waals surface area contributed by atoms with Gasteiger partial charge in [-0.3, -0.25) is 4.79 Å². The Morgan fingerprint density at radius 1 is 1.08 bits per heavy atom. The number of ether oxygens (including phenoxy) is 4. The van der Waals surface area contributed by atoms with Crippen molar-refractivity contribution in [3.63, 3.8) is 0 Å². The van der Waals surface area contributed by atoms with Gasteiger partial charge in [-0.05, 0) is 35.9 Å². The van der Waals surface area contributed by atoms with Crippen LogP contribution in [0.2, 0.25) is 0 Å². The summed E-state index contributed by atoms with van der Waals surface area (Å²) in [6, 6.07) is 11.0. The molecule has 0 bridgehead atoms. The summed E-state index contributed by atoms with van der Waals surface area (Å²) in [5.74, 6) is 3.55. The van der Waals surface area contributed by atoms with Gasteiger partial charge in [0.2, 0.25) is 6.79 Å². The normalized spacial score (nSPS) is 18.1. The van der Waals surface area contributed by atoms with Crippen LogP contribution in [0.25, 0.3) is 0 Å². The van der Waals surface area contributed by atoms with Crippen molar-refractivity contribution in [2.75, 3.05) is 33.3 Å². The molecule has 6 nitrogen and oxygen atoms in total. The number of thioether (sulfide) groups is 1. The number of carbonyl (C=O) groups excluding carboxylic acids is 1. The molecule has 4 rings (SSSR count). The highest BCUT2D eigenvalue weighted by molar-refractivity contribution is 7.99. The van der Waals surface area contributed by atoms with Crippen LogP contribution < -0.4 is 18.9 Å². The Kier molecular flexibility index (Phi) is 4.55. The smallest absolute Gasteiger partial charge is 0.255 e. The summed E-state index contributed by atoms with van der Waals surface area (Å²) in [4.78, 5) is 15.0. The van der Waals surface area contributed by atoms with Gasteiger partial charge in [-0.25, -0.2) is 0 Å². The molecule has 1 fully saturated rings. The Morgan fingerprint density at radius 3 is 2.54 bits per heavy atom. The molecular formula is C19H19NO5S. The third-order valence-electron chi connectivity index (χ3n) is 4.43. The van der Waals surface area contributed by atoms with Crippen LogP contribution in [0.1, 0.15) is 21.3 Å². The van der Waals surface area contributed by atoms with Crippen LogP contribution in [0.4, 0.5) is 0 Å². The minimum atomic E-state index is -0.0862. The van der Waals surface area contributed by atoms with E-state index in [1.165, 1.54) is 0 Å². The van der Waals surface area contributed by atoms with Gasteiger partial charge in [0, 0.05) is 23.9 Å². The van der Waals surface area contributed by atoms with E-state index in [1.54, 1.807) is 44.2 Å². The highest BCUT2D eigenvalue weighted by atomic mass is 32.2. The lowest BCUT2D eigenvalue weighted by Gasteiger charge is -2.25. The predicted molar refractivity (Wildman–Crippen MR) is 98.3 cm³/mol. The van der Waals surface area contributed by atoms with Gasteiger partial charge < -0.3 is 23.8 Å². The van der Waals surface area contributed by atoms with Gasteiger partial charge in [-0.15, -0.1) is 11.8 Å². The highest BCUT2D eigenvalue weighted by Crippen LogP contribution is 2.42. The Morgan fingerprint density at radius 2 is 1.81 bits per heavy atom. The molecule has 0 N–H and O–H groups in total. The third-order valence-corrected chi connectivity index (χ3v) is 5.69. The average molecular weight is 373 g/mol. The van der Waals surface area contributed by atoms with E-state index in [-0.39, 0.29) is 18.1 Å². The molecule has 7 heteroatoms. The van der Waals surface area contributed by atoms with Crippen LogP contribution in [0.3, 0.4) is 0 Å². The van der Waals surface area contributed by atoms with Gasteiger partial charge in [0.15, 0.2) is 11.5 Å². The number of methoxy groups -OCH3 is 2. The lowest BCUT2D eigenvalue weighted by molar-refractivity contribution is 0.0759. The summed E-state index contributed by atoms with van der Waals surface area (Å²) in [6.07, 6.45) is 0. The second kappa shape index (κ2) is 6.99. The van der Waals surface area contributed by atoms with Gasteiger partial charge in [0.05, 0.1) is 14.2 Å². The molecule has 2 aromatic carbocycles. The summed E-state index contributed by atoms with van der Waals surface area (Å²) >= 11 is 1.73. The second-order valence-corrected chi connectivity index (χ2v) is 7.12. The summed E-state index contributed by atoms with van der Waals surface area (Å²) < 4.78 is 21.4. The fourth-order valence-electron chi connectivity index (χ4n) is 3.12. The summed E-state index contributed by atoms with van der Waals surface area (Å²) in [7, 11) is 3.24. The lowest BCUT2D eigenvalue weighted by Crippen LogP contribution is -2.30. The molecule has 0 spiro atoms. The number of hydrogen-bond donors (Lipinski definition) is 0. The molecule has 1 saturated heterocycles. The fraction of sp³-hybridized carbons (Fsp3) is 0.316. The maximum Gasteiger partial charge on any atom is 0.255 e. The van der Waals surface area contributed by atoms with Gasteiger partial charge in [0.1, 0.15) is 16.9 Å². The van der Waals surface area contributed by atoms with Crippen LogP contribution in [0.15, 0.2) is 36.4 Å². The van der Waals surface area contributed by atoms with Crippen molar-refractivity contribution in [2.45, 2.75) is 5.37 Å². The van der Waals surface area contributed by atoms with Gasteiger partial charge in [0.25, 0.3) is 5.91 Å². The molecule has 2 heterocycles. The molecule has 2 aromatic rings. The number of carbonyl (C=O) groups is 1. The van der Waals surface area contributed by atoms with Crippen LogP contribution >= 0.6 is 11.8 Å². The second-order valence-electron chi connectivity index (χ2n) is 5.94. The van der Waals surface area contributed by atoms with Crippen LogP contribution in [0.5, 0.6) is 23.0 Å². The molecule has 0 unspecified atom stereocenters. The molecule has 136 valence electrons. The number of rotatable bonds is 4. The van der Waals surface area contributed by atoms with E-state index in [9.17, 15) is 4.79 Å². The van der Waals surface area contributed by atoms with Gasteiger partial charge >= 0.3 is 0 Å². The van der Waals surface area contributed by atoms with E-state index in [0.717, 1.165) is 11.3 Å². The molecule has 1 atom stereocenters. The topological polar surface area (TPSA) is 57.2 Å². The Hall–Kier alpha value is -2.54. The zero-order valence-corrected chi connectivity index (χ0v) is 15.4. The summed E-state index contributed by atoms with van der Waals surface area (Å²) in [5.41, 5.74) is 1.58. The lowest BCUT2D eigenvalue weighted by atomic mass is 10.1. The molecule has 2 aliphatic rings. The first-order valence-corrected chi connectivity index (χ1v) is 9.29. The summed E-state index contributed by atoms with van der Waals surface area (Å²) in [6.45, 7) is 0.876. The van der Waals surface area contributed by atoms with Crippen molar-refractivity contribution in [3.8, 4) is 23.0 Å². The van der Waals surface area contributed by atoms with E-state index >= 15 is 0 Å². The first-order chi connectivity index (χ1) is 12.7.